The van der Waals surface area contributed by atoms with Gasteiger partial charge in [0.05, 0.1) is 5.60 Å². The number of hydrogen-bond acceptors (Lipinski definition) is 5. The molecule has 0 radical (unpaired) electrons. The van der Waals surface area contributed by atoms with E-state index in [1.807, 2.05) is 65.3 Å². The Morgan fingerprint density at radius 2 is 1.83 bits per heavy atom. The quantitative estimate of drug-likeness (QED) is 0.468. The highest BCUT2D eigenvalue weighted by molar-refractivity contribution is 5.76. The molecule has 0 spiro atoms. The van der Waals surface area contributed by atoms with E-state index < -0.39 is 5.60 Å². The van der Waals surface area contributed by atoms with Crippen LogP contribution in [-0.4, -0.2) is 66.9 Å². The van der Waals surface area contributed by atoms with Crippen molar-refractivity contribution in [3.05, 3.63) is 59.7 Å². The van der Waals surface area contributed by atoms with Crippen molar-refractivity contribution in [2.45, 2.75) is 57.1 Å². The Bertz CT molecular complexity index is 1010. The van der Waals surface area contributed by atoms with Crippen LogP contribution in [0.1, 0.15) is 49.7 Å². The monoisotopic (exact) mass is 495 g/mol. The van der Waals surface area contributed by atoms with Gasteiger partial charge in [0.1, 0.15) is 11.5 Å². The first kappa shape index (κ1) is 26.5. The number of rotatable bonds is 10. The lowest BCUT2D eigenvalue weighted by Crippen LogP contribution is -2.60. The predicted octanol–water partition coefficient (Wildman–Crippen LogP) is 4.66. The maximum absolute atomic E-state index is 13.3. The molecule has 2 saturated heterocycles. The van der Waals surface area contributed by atoms with Crippen LogP contribution in [-0.2, 0) is 10.3 Å². The molecular formula is C29H41N3O4. The SMILES string of the molecule is COCCCC[C@@](O)(c1ccccc1Oc1ccccc1C)[C@@H]1CCCN(C(=O)N2CCC2CN)C1. The van der Waals surface area contributed by atoms with Crippen LogP contribution in [0.25, 0.3) is 0 Å². The highest BCUT2D eigenvalue weighted by Crippen LogP contribution is 2.44. The van der Waals surface area contributed by atoms with Gasteiger partial charge in [0.15, 0.2) is 0 Å². The van der Waals surface area contributed by atoms with Crippen LogP contribution < -0.4 is 10.5 Å². The molecule has 2 fully saturated rings. The molecule has 0 aromatic heterocycles. The van der Waals surface area contributed by atoms with Crippen LogP contribution in [0.15, 0.2) is 48.5 Å². The topological polar surface area (TPSA) is 88.3 Å². The average Bonchev–Trinajstić information content (AvgIpc) is 2.88. The van der Waals surface area contributed by atoms with Crippen LogP contribution in [0.3, 0.4) is 0 Å². The molecule has 2 heterocycles. The normalized spacial score (nSPS) is 21.6. The third kappa shape index (κ3) is 5.69. The number of aryl methyl sites for hydroxylation is 1. The summed E-state index contributed by atoms with van der Waals surface area (Å²) in [6.07, 6.45) is 4.93. The number of aliphatic hydroxyl groups is 1. The van der Waals surface area contributed by atoms with Gasteiger partial charge >= 0.3 is 6.03 Å². The predicted molar refractivity (Wildman–Crippen MR) is 141 cm³/mol. The number of urea groups is 1. The van der Waals surface area contributed by atoms with E-state index in [2.05, 4.69) is 0 Å². The lowest BCUT2D eigenvalue weighted by Gasteiger charge is -2.47. The molecule has 0 saturated carbocycles. The zero-order valence-electron chi connectivity index (χ0n) is 21.7. The summed E-state index contributed by atoms with van der Waals surface area (Å²) in [5.41, 5.74) is 6.55. The van der Waals surface area contributed by atoms with Crippen molar-refractivity contribution in [1.29, 1.82) is 0 Å². The third-order valence-corrected chi connectivity index (χ3v) is 7.85. The number of unbranched alkanes of at least 4 members (excludes halogenated alkanes) is 1. The number of carbonyl (C=O) groups excluding carboxylic acids is 1. The number of ether oxygens (including phenoxy) is 2. The number of para-hydroxylation sites is 2. The number of benzene rings is 2. The molecule has 2 amide bonds. The van der Waals surface area contributed by atoms with Gasteiger partial charge in [-0.05, 0) is 63.1 Å². The second kappa shape index (κ2) is 12.1. The summed E-state index contributed by atoms with van der Waals surface area (Å²) in [4.78, 5) is 17.1. The van der Waals surface area contributed by atoms with Crippen LogP contribution >= 0.6 is 0 Å². The van der Waals surface area contributed by atoms with Gasteiger partial charge in [-0.25, -0.2) is 4.79 Å². The van der Waals surface area contributed by atoms with Gasteiger partial charge in [0.2, 0.25) is 0 Å². The Kier molecular flexibility index (Phi) is 8.88. The fraction of sp³-hybridized carbons (Fsp3) is 0.552. The molecule has 2 aromatic rings. The van der Waals surface area contributed by atoms with Crippen molar-refractivity contribution < 1.29 is 19.4 Å². The number of nitrogens with zero attached hydrogens (tertiary/aromatic N) is 2. The average molecular weight is 496 g/mol. The van der Waals surface area contributed by atoms with Gasteiger partial charge in [-0.15, -0.1) is 0 Å². The first-order valence-corrected chi connectivity index (χ1v) is 13.3. The Hall–Kier alpha value is -2.61. The highest BCUT2D eigenvalue weighted by atomic mass is 16.5. The minimum atomic E-state index is -1.13. The second-order valence-electron chi connectivity index (χ2n) is 10.2. The second-order valence-corrected chi connectivity index (χ2v) is 10.2. The van der Waals surface area contributed by atoms with E-state index in [4.69, 9.17) is 15.2 Å². The van der Waals surface area contributed by atoms with Crippen LogP contribution in [0.2, 0.25) is 0 Å². The minimum absolute atomic E-state index is 0.0487. The number of methoxy groups -OCH3 is 1. The third-order valence-electron chi connectivity index (χ3n) is 7.85. The Morgan fingerprint density at radius 1 is 1.08 bits per heavy atom. The molecule has 1 unspecified atom stereocenters. The van der Waals surface area contributed by atoms with E-state index in [1.54, 1.807) is 7.11 Å². The van der Waals surface area contributed by atoms with Gasteiger partial charge < -0.3 is 30.1 Å². The molecule has 3 N–H and O–H groups in total. The summed E-state index contributed by atoms with van der Waals surface area (Å²) in [7, 11) is 1.70. The van der Waals surface area contributed by atoms with E-state index in [1.165, 1.54) is 0 Å². The van der Waals surface area contributed by atoms with Crippen molar-refractivity contribution in [3.8, 4) is 11.5 Å². The van der Waals surface area contributed by atoms with E-state index in [-0.39, 0.29) is 18.0 Å². The highest BCUT2D eigenvalue weighted by Gasteiger charge is 2.44. The summed E-state index contributed by atoms with van der Waals surface area (Å²) in [6, 6.07) is 15.9. The number of likely N-dealkylation sites (tertiary alicyclic amines) is 2. The lowest BCUT2D eigenvalue weighted by atomic mass is 9.73. The van der Waals surface area contributed by atoms with Crippen molar-refractivity contribution >= 4 is 6.03 Å². The molecule has 2 aliphatic heterocycles. The van der Waals surface area contributed by atoms with Crippen LogP contribution in [0, 0.1) is 12.8 Å². The van der Waals surface area contributed by atoms with Gasteiger partial charge in [-0.1, -0.05) is 36.4 Å². The molecule has 196 valence electrons. The number of piperidine rings is 1. The smallest absolute Gasteiger partial charge is 0.320 e. The molecular weight excluding hydrogens is 454 g/mol. The van der Waals surface area contributed by atoms with Gasteiger partial charge in [-0.2, -0.15) is 0 Å². The van der Waals surface area contributed by atoms with Crippen LogP contribution in [0.4, 0.5) is 4.79 Å². The molecule has 7 heteroatoms. The van der Waals surface area contributed by atoms with Crippen LogP contribution in [0.5, 0.6) is 11.5 Å². The number of hydrogen-bond donors (Lipinski definition) is 2. The molecule has 4 rings (SSSR count). The fourth-order valence-electron chi connectivity index (χ4n) is 5.56. The molecule has 7 nitrogen and oxygen atoms in total. The number of carbonyl (C=O) groups is 1. The van der Waals surface area contributed by atoms with Gasteiger partial charge in [0.25, 0.3) is 0 Å². The summed E-state index contributed by atoms with van der Waals surface area (Å²) in [6.45, 7) is 5.16. The van der Waals surface area contributed by atoms with E-state index in [9.17, 15) is 9.90 Å². The van der Waals surface area contributed by atoms with E-state index >= 15 is 0 Å². The molecule has 0 aliphatic carbocycles. The summed E-state index contributed by atoms with van der Waals surface area (Å²) < 4.78 is 11.6. The number of nitrogens with two attached hydrogens (primary N) is 1. The van der Waals surface area contributed by atoms with Gasteiger partial charge in [0, 0.05) is 57.4 Å². The molecule has 2 aromatic carbocycles. The zero-order valence-corrected chi connectivity index (χ0v) is 21.7. The van der Waals surface area contributed by atoms with Crippen molar-refractivity contribution in [2.75, 3.05) is 39.9 Å². The first-order chi connectivity index (χ1) is 17.5. The van der Waals surface area contributed by atoms with Gasteiger partial charge in [-0.3, -0.25) is 0 Å². The maximum atomic E-state index is 13.3. The zero-order chi connectivity index (χ0) is 25.5. The fourth-order valence-corrected chi connectivity index (χ4v) is 5.56. The molecule has 0 bridgehead atoms. The minimum Gasteiger partial charge on any atom is -0.457 e. The largest absolute Gasteiger partial charge is 0.457 e. The molecule has 36 heavy (non-hydrogen) atoms. The number of amides is 2. The standard InChI is InChI=1S/C29H41N3O4/c1-22-10-3-5-13-26(22)36-27-14-6-4-12-25(27)29(34,16-7-8-19-35-2)23-11-9-17-31(21-23)28(33)32-18-15-24(32)20-30/h3-6,10,12-14,23-24,34H,7-9,11,15-21,30H2,1-2H3/t23-,24?,29+/m1/s1. The Morgan fingerprint density at radius 3 is 2.53 bits per heavy atom. The summed E-state index contributed by atoms with van der Waals surface area (Å²) in [5, 5.41) is 12.4. The van der Waals surface area contributed by atoms with Crippen molar-refractivity contribution in [1.82, 2.24) is 9.80 Å². The summed E-state index contributed by atoms with van der Waals surface area (Å²) in [5.74, 6) is 1.34. The van der Waals surface area contributed by atoms with Crippen molar-refractivity contribution in [3.63, 3.8) is 0 Å². The lowest BCUT2D eigenvalue weighted by molar-refractivity contribution is -0.0604. The van der Waals surface area contributed by atoms with Crippen molar-refractivity contribution in [2.24, 2.45) is 11.7 Å². The van der Waals surface area contributed by atoms with E-state index in [0.29, 0.717) is 38.4 Å². The Balaban J connectivity index is 1.61. The molecule has 2 aliphatic rings. The Labute approximate surface area is 215 Å². The summed E-state index contributed by atoms with van der Waals surface area (Å²) >= 11 is 0. The maximum Gasteiger partial charge on any atom is 0.320 e. The first-order valence-electron chi connectivity index (χ1n) is 13.3. The van der Waals surface area contributed by atoms with E-state index in [0.717, 1.165) is 55.5 Å². The molecule has 3 atom stereocenters.